The maximum atomic E-state index is 13.4. The zero-order chi connectivity index (χ0) is 25.5. The Morgan fingerprint density at radius 2 is 1.29 bits per heavy atom. The van der Waals surface area contributed by atoms with Crippen molar-refractivity contribution in [2.45, 2.75) is 50.3 Å². The third kappa shape index (κ3) is 5.26. The molecule has 1 saturated heterocycles. The molecule has 1 heterocycles. The Hall–Kier alpha value is -2.11. The molecule has 0 bridgehead atoms. The molecule has 0 aromatic heterocycles. The Morgan fingerprint density at radius 3 is 1.62 bits per heavy atom. The molecule has 1 fully saturated rings. The first kappa shape index (κ1) is 26.5. The molecule has 1 aliphatic heterocycles. The van der Waals surface area contributed by atoms with Gasteiger partial charge in [0.05, 0.1) is 23.2 Å². The average molecular weight is 502 g/mol. The molecule has 3 nitrogen and oxygen atoms in total. The molecule has 0 aliphatic carbocycles. The maximum Gasteiger partial charge on any atom is 0.416 e. The summed E-state index contributed by atoms with van der Waals surface area (Å²) in [6, 6.07) is 8.28. The van der Waals surface area contributed by atoms with Gasteiger partial charge in [-0.05, 0) is 62.8 Å². The van der Waals surface area contributed by atoms with Gasteiger partial charge in [-0.15, -0.1) is 6.42 Å². The van der Waals surface area contributed by atoms with Gasteiger partial charge in [0.15, 0.2) is 8.45 Å². The van der Waals surface area contributed by atoms with E-state index in [0.717, 1.165) is 24.3 Å². The van der Waals surface area contributed by atoms with Gasteiger partial charge in [0.2, 0.25) is 0 Å². The van der Waals surface area contributed by atoms with Gasteiger partial charge < -0.3 is 4.52 Å². The number of halogens is 6. The summed E-state index contributed by atoms with van der Waals surface area (Å²) in [5.41, 5.74) is -1.97. The second kappa shape index (κ2) is 9.50. The summed E-state index contributed by atoms with van der Waals surface area (Å²) >= 11 is 0. The Kier molecular flexibility index (Phi) is 7.40. The monoisotopic (exact) mass is 502 g/mol. The van der Waals surface area contributed by atoms with Crippen molar-refractivity contribution < 1.29 is 30.9 Å². The lowest BCUT2D eigenvalue weighted by molar-refractivity contribution is -0.138. The van der Waals surface area contributed by atoms with E-state index in [-0.39, 0.29) is 0 Å². The van der Waals surface area contributed by atoms with E-state index in [1.54, 1.807) is 42.5 Å². The van der Waals surface area contributed by atoms with Crippen LogP contribution in [0.1, 0.15) is 54.6 Å². The average Bonchev–Trinajstić information content (AvgIpc) is 3.02. The van der Waals surface area contributed by atoms with Crippen molar-refractivity contribution >= 4 is 8.45 Å². The number of likely N-dealkylation sites (N-methyl/N-ethyl adjacent to an activating group) is 2. The van der Waals surface area contributed by atoms with E-state index in [2.05, 4.69) is 5.92 Å². The fraction of sp³-hybridized carbons (Fsp3) is 0.417. The van der Waals surface area contributed by atoms with Crippen LogP contribution in [-0.4, -0.2) is 29.0 Å². The molecule has 1 aliphatic rings. The largest absolute Gasteiger partial charge is 0.416 e. The van der Waals surface area contributed by atoms with Gasteiger partial charge in [-0.1, -0.05) is 37.1 Å². The van der Waals surface area contributed by atoms with E-state index in [1.807, 2.05) is 6.92 Å². The maximum absolute atomic E-state index is 13.4. The number of benzene rings is 2. The first-order valence-electron chi connectivity index (χ1n) is 10.5. The number of hydrogen-bond acceptors (Lipinski definition) is 3. The van der Waals surface area contributed by atoms with Crippen molar-refractivity contribution in [2.75, 3.05) is 14.1 Å². The van der Waals surface area contributed by atoms with Crippen molar-refractivity contribution in [1.29, 1.82) is 0 Å². The van der Waals surface area contributed by atoms with E-state index < -0.39 is 49.6 Å². The zero-order valence-electron chi connectivity index (χ0n) is 19.1. The van der Waals surface area contributed by atoms with E-state index >= 15 is 0 Å². The molecule has 0 radical (unpaired) electrons. The van der Waals surface area contributed by atoms with Crippen LogP contribution in [0.3, 0.4) is 0 Å². The van der Waals surface area contributed by atoms with E-state index in [9.17, 15) is 26.3 Å². The van der Waals surface area contributed by atoms with Gasteiger partial charge >= 0.3 is 12.4 Å². The Morgan fingerprint density at radius 1 is 0.882 bits per heavy atom. The van der Waals surface area contributed by atoms with Crippen molar-refractivity contribution in [2.24, 2.45) is 0 Å². The lowest BCUT2D eigenvalue weighted by Crippen LogP contribution is -2.27. The van der Waals surface area contributed by atoms with Gasteiger partial charge in [0.25, 0.3) is 0 Å². The van der Waals surface area contributed by atoms with Crippen LogP contribution >= 0.6 is 8.45 Å². The number of rotatable bonds is 5. The fourth-order valence-electron chi connectivity index (χ4n) is 3.94. The third-order valence-electron chi connectivity index (χ3n) is 6.02. The molecular formula is C24H25F6N2OP. The van der Waals surface area contributed by atoms with Crippen molar-refractivity contribution in [3.05, 3.63) is 70.8 Å². The molecule has 2 aromatic carbocycles. The topological polar surface area (TPSA) is 15.7 Å². The number of hydrogen-bond donors (Lipinski definition) is 0. The molecule has 3 atom stereocenters. The molecule has 3 rings (SSSR count). The van der Waals surface area contributed by atoms with Gasteiger partial charge in [0, 0.05) is 0 Å². The first-order chi connectivity index (χ1) is 15.7. The van der Waals surface area contributed by atoms with Crippen LogP contribution < -0.4 is 0 Å². The van der Waals surface area contributed by atoms with Crippen molar-refractivity contribution in [1.82, 2.24) is 9.34 Å². The quantitative estimate of drug-likeness (QED) is 0.240. The highest BCUT2D eigenvalue weighted by molar-refractivity contribution is 7.47. The van der Waals surface area contributed by atoms with Crippen LogP contribution in [0.15, 0.2) is 48.5 Å². The molecular weight excluding hydrogens is 477 g/mol. The summed E-state index contributed by atoms with van der Waals surface area (Å²) in [7, 11) is 1.77. The second-order valence-corrected chi connectivity index (χ2v) is 10.3. The predicted molar refractivity (Wildman–Crippen MR) is 119 cm³/mol. The summed E-state index contributed by atoms with van der Waals surface area (Å²) in [4.78, 5) is 0. The highest BCUT2D eigenvalue weighted by Crippen LogP contribution is 2.64. The van der Waals surface area contributed by atoms with Crippen LogP contribution in [0.2, 0.25) is 0 Å². The van der Waals surface area contributed by atoms with Crippen LogP contribution in [0.25, 0.3) is 0 Å². The highest BCUT2D eigenvalue weighted by atomic mass is 31.2. The van der Waals surface area contributed by atoms with Gasteiger partial charge in [-0.3, -0.25) is 0 Å². The van der Waals surface area contributed by atoms with E-state index in [1.165, 1.54) is 12.1 Å². The number of alkyl halides is 6. The minimum atomic E-state index is -4.56. The van der Waals surface area contributed by atoms with E-state index in [4.69, 9.17) is 10.9 Å². The summed E-state index contributed by atoms with van der Waals surface area (Å²) < 4.78 is 90.4. The molecule has 34 heavy (non-hydrogen) atoms. The molecule has 1 unspecified atom stereocenters. The summed E-state index contributed by atoms with van der Waals surface area (Å²) in [5, 5.41) is 0. The molecule has 10 heteroatoms. The molecule has 0 N–H and O–H groups in total. The predicted octanol–water partition coefficient (Wildman–Crippen LogP) is 7.43. The Balaban J connectivity index is 2.15. The lowest BCUT2D eigenvalue weighted by Gasteiger charge is -2.33. The molecule has 0 amide bonds. The Labute approximate surface area is 196 Å². The minimum Gasteiger partial charge on any atom is -0.312 e. The fourth-order valence-corrected chi connectivity index (χ4v) is 6.13. The second-order valence-electron chi connectivity index (χ2n) is 8.36. The normalized spacial score (nSPS) is 22.5. The van der Waals surface area contributed by atoms with Crippen LogP contribution in [-0.2, 0) is 16.9 Å². The van der Waals surface area contributed by atoms with Gasteiger partial charge in [-0.25, -0.2) is 9.34 Å². The van der Waals surface area contributed by atoms with Crippen LogP contribution in [0, 0.1) is 12.3 Å². The van der Waals surface area contributed by atoms with Crippen molar-refractivity contribution in [3.63, 3.8) is 0 Å². The molecule has 2 aromatic rings. The van der Waals surface area contributed by atoms with E-state index in [0.29, 0.717) is 17.5 Å². The van der Waals surface area contributed by atoms with Gasteiger partial charge in [0.1, 0.15) is 5.60 Å². The van der Waals surface area contributed by atoms with Crippen molar-refractivity contribution in [3.8, 4) is 12.3 Å². The number of nitrogens with zero attached hydrogens (tertiary/aromatic N) is 2. The smallest absolute Gasteiger partial charge is 0.312 e. The Bertz CT molecular complexity index is 997. The summed E-state index contributed by atoms with van der Waals surface area (Å²) in [6.45, 7) is 3.58. The standard InChI is InChI=1S/C24H25F6N2OP/c1-6-22(3,7-2)33-34-31(4)20(16-10-8-12-18(14-16)23(25,26)27)21(32(34)5)17-11-9-13-19(15-17)24(28,29)30/h1,8-15,20-21H,7H2,2-5H3/t20-,21-,22?/m1/s1. The summed E-state index contributed by atoms with van der Waals surface area (Å²) in [5.74, 6) is 2.61. The zero-order valence-corrected chi connectivity index (χ0v) is 20.0. The third-order valence-corrected chi connectivity index (χ3v) is 8.16. The van der Waals surface area contributed by atoms with Gasteiger partial charge in [-0.2, -0.15) is 26.3 Å². The number of terminal acetylenes is 1. The lowest BCUT2D eigenvalue weighted by atomic mass is 9.91. The van der Waals surface area contributed by atoms with Crippen LogP contribution in [0.5, 0.6) is 0 Å². The van der Waals surface area contributed by atoms with Crippen LogP contribution in [0.4, 0.5) is 26.3 Å². The molecule has 0 spiro atoms. The summed E-state index contributed by atoms with van der Waals surface area (Å²) in [6.07, 6.45) is -2.98. The first-order valence-corrected chi connectivity index (χ1v) is 11.6. The highest BCUT2D eigenvalue weighted by Gasteiger charge is 2.49. The molecule has 184 valence electrons. The molecule has 0 saturated carbocycles. The minimum absolute atomic E-state index is 0.319. The SMILES string of the molecule is C#CC(C)(CC)OP1N(C)[C@H](c2cccc(C(F)(F)F)c2)[C@@H](c2cccc(C(F)(F)F)c2)N1C.